The van der Waals surface area contributed by atoms with Crippen LogP contribution in [0.4, 0.5) is 0 Å². The maximum Gasteiger partial charge on any atom is 0.0939 e. The minimum absolute atomic E-state index is 0.405. The molecule has 1 aliphatic carbocycles. The van der Waals surface area contributed by atoms with Crippen LogP contribution in [0.3, 0.4) is 0 Å². The maximum atomic E-state index is 10.7. The second-order valence-electron chi connectivity index (χ2n) is 4.61. The second-order valence-corrected chi connectivity index (χ2v) is 4.61. The Labute approximate surface area is 91.4 Å². The fraction of sp³-hybridized carbons (Fsp3) is 0.615. The minimum Gasteiger partial charge on any atom is -0.385 e. The fourth-order valence-corrected chi connectivity index (χ4v) is 2.71. The SMILES string of the molecule is CCC1CCCC1(O)c1ccc(C)nc1. The summed E-state index contributed by atoms with van der Waals surface area (Å²) in [7, 11) is 0. The summed E-state index contributed by atoms with van der Waals surface area (Å²) >= 11 is 0. The molecule has 0 aromatic carbocycles. The Morgan fingerprint density at radius 1 is 1.53 bits per heavy atom. The number of aliphatic hydroxyl groups is 1. The molecular weight excluding hydrogens is 186 g/mol. The van der Waals surface area contributed by atoms with Gasteiger partial charge in [-0.3, -0.25) is 4.98 Å². The highest BCUT2D eigenvalue weighted by Gasteiger charge is 2.41. The van der Waals surface area contributed by atoms with Crippen LogP contribution in [0.5, 0.6) is 0 Å². The number of rotatable bonds is 2. The Morgan fingerprint density at radius 2 is 2.33 bits per heavy atom. The van der Waals surface area contributed by atoms with Gasteiger partial charge < -0.3 is 5.11 Å². The number of nitrogens with zero attached hydrogens (tertiary/aromatic N) is 1. The van der Waals surface area contributed by atoms with Gasteiger partial charge in [0.05, 0.1) is 5.60 Å². The Balaban J connectivity index is 2.32. The Morgan fingerprint density at radius 3 is 2.93 bits per heavy atom. The summed E-state index contributed by atoms with van der Waals surface area (Å²) in [5.41, 5.74) is 1.39. The van der Waals surface area contributed by atoms with Gasteiger partial charge in [0.15, 0.2) is 0 Å². The highest BCUT2D eigenvalue weighted by Crippen LogP contribution is 2.44. The van der Waals surface area contributed by atoms with Crippen molar-refractivity contribution in [1.82, 2.24) is 4.98 Å². The van der Waals surface area contributed by atoms with E-state index < -0.39 is 5.60 Å². The van der Waals surface area contributed by atoms with Gasteiger partial charge in [0.25, 0.3) is 0 Å². The van der Waals surface area contributed by atoms with Crippen LogP contribution in [0.2, 0.25) is 0 Å². The third kappa shape index (κ3) is 1.78. The monoisotopic (exact) mass is 205 g/mol. The maximum absolute atomic E-state index is 10.7. The molecule has 1 fully saturated rings. The van der Waals surface area contributed by atoms with Gasteiger partial charge in [-0.2, -0.15) is 0 Å². The molecule has 1 saturated carbocycles. The van der Waals surface area contributed by atoms with Crippen molar-refractivity contribution < 1.29 is 5.11 Å². The average molecular weight is 205 g/mol. The first-order chi connectivity index (χ1) is 7.16. The van der Waals surface area contributed by atoms with Gasteiger partial charge in [0.1, 0.15) is 0 Å². The summed E-state index contributed by atoms with van der Waals surface area (Å²) in [4.78, 5) is 4.28. The normalized spacial score (nSPS) is 30.7. The smallest absolute Gasteiger partial charge is 0.0939 e. The predicted octanol–water partition coefficient (Wildman–Crippen LogP) is 2.79. The van der Waals surface area contributed by atoms with Gasteiger partial charge in [-0.15, -0.1) is 0 Å². The molecule has 82 valence electrons. The zero-order valence-electron chi connectivity index (χ0n) is 9.53. The predicted molar refractivity (Wildman–Crippen MR) is 60.5 cm³/mol. The molecular formula is C13H19NO. The van der Waals surface area contributed by atoms with E-state index in [4.69, 9.17) is 0 Å². The first kappa shape index (κ1) is 10.6. The summed E-state index contributed by atoms with van der Waals surface area (Å²) in [5.74, 6) is 0.405. The van der Waals surface area contributed by atoms with E-state index in [1.807, 2.05) is 25.3 Å². The molecule has 0 radical (unpaired) electrons. The highest BCUT2D eigenvalue weighted by molar-refractivity contribution is 5.23. The molecule has 1 aromatic rings. The van der Waals surface area contributed by atoms with Crippen molar-refractivity contribution in [2.75, 3.05) is 0 Å². The van der Waals surface area contributed by atoms with E-state index >= 15 is 0 Å². The molecule has 0 bridgehead atoms. The standard InChI is InChI=1S/C13H19NO/c1-3-11-5-4-8-13(11,15)12-7-6-10(2)14-9-12/h6-7,9,11,15H,3-5,8H2,1-2H3. The Hall–Kier alpha value is -0.890. The molecule has 0 amide bonds. The van der Waals surface area contributed by atoms with Crippen molar-refractivity contribution in [3.05, 3.63) is 29.6 Å². The van der Waals surface area contributed by atoms with Crippen molar-refractivity contribution in [1.29, 1.82) is 0 Å². The van der Waals surface area contributed by atoms with Gasteiger partial charge in [0, 0.05) is 17.5 Å². The number of pyridine rings is 1. The minimum atomic E-state index is -0.616. The van der Waals surface area contributed by atoms with Gasteiger partial charge in [-0.1, -0.05) is 19.4 Å². The molecule has 1 N–H and O–H groups in total. The summed E-state index contributed by atoms with van der Waals surface area (Å²) in [6.45, 7) is 4.13. The highest BCUT2D eigenvalue weighted by atomic mass is 16.3. The van der Waals surface area contributed by atoms with Crippen LogP contribution in [-0.4, -0.2) is 10.1 Å². The van der Waals surface area contributed by atoms with E-state index in [-0.39, 0.29) is 0 Å². The van der Waals surface area contributed by atoms with Crippen molar-refractivity contribution in [2.24, 2.45) is 5.92 Å². The number of hydrogen-bond donors (Lipinski definition) is 1. The third-order valence-corrected chi connectivity index (χ3v) is 3.69. The van der Waals surface area contributed by atoms with Crippen LogP contribution in [0.1, 0.15) is 43.9 Å². The molecule has 2 heteroatoms. The van der Waals surface area contributed by atoms with Crippen LogP contribution in [-0.2, 0) is 5.60 Å². The molecule has 1 aliphatic rings. The molecule has 1 aromatic heterocycles. The quantitative estimate of drug-likeness (QED) is 0.805. The van der Waals surface area contributed by atoms with Crippen molar-refractivity contribution in [2.45, 2.75) is 45.1 Å². The zero-order valence-corrected chi connectivity index (χ0v) is 9.53. The topological polar surface area (TPSA) is 33.1 Å². The van der Waals surface area contributed by atoms with E-state index in [0.29, 0.717) is 5.92 Å². The van der Waals surface area contributed by atoms with Gasteiger partial charge >= 0.3 is 0 Å². The molecule has 1 heterocycles. The van der Waals surface area contributed by atoms with Crippen LogP contribution >= 0.6 is 0 Å². The first-order valence-corrected chi connectivity index (χ1v) is 5.82. The first-order valence-electron chi connectivity index (χ1n) is 5.82. The van der Waals surface area contributed by atoms with E-state index in [9.17, 15) is 5.11 Å². The van der Waals surface area contributed by atoms with Crippen LogP contribution < -0.4 is 0 Å². The van der Waals surface area contributed by atoms with Crippen LogP contribution in [0.25, 0.3) is 0 Å². The zero-order chi connectivity index (χ0) is 10.9. The summed E-state index contributed by atoms with van der Waals surface area (Å²) < 4.78 is 0. The van der Waals surface area contributed by atoms with Crippen molar-refractivity contribution >= 4 is 0 Å². The van der Waals surface area contributed by atoms with E-state index in [0.717, 1.165) is 36.9 Å². The van der Waals surface area contributed by atoms with Crippen LogP contribution in [0, 0.1) is 12.8 Å². The number of aryl methyl sites for hydroxylation is 1. The lowest BCUT2D eigenvalue weighted by Crippen LogP contribution is -2.29. The Bertz CT molecular complexity index is 333. The lowest BCUT2D eigenvalue weighted by atomic mass is 9.83. The van der Waals surface area contributed by atoms with E-state index in [1.54, 1.807) is 0 Å². The molecule has 2 nitrogen and oxygen atoms in total. The molecule has 0 spiro atoms. The summed E-state index contributed by atoms with van der Waals surface area (Å²) in [6, 6.07) is 4.01. The average Bonchev–Trinajstić information content (AvgIpc) is 2.61. The molecule has 0 aliphatic heterocycles. The molecule has 15 heavy (non-hydrogen) atoms. The lowest BCUT2D eigenvalue weighted by Gasteiger charge is -2.29. The van der Waals surface area contributed by atoms with E-state index in [1.165, 1.54) is 0 Å². The lowest BCUT2D eigenvalue weighted by molar-refractivity contribution is -0.00419. The summed E-state index contributed by atoms with van der Waals surface area (Å²) in [5, 5.41) is 10.7. The third-order valence-electron chi connectivity index (χ3n) is 3.69. The van der Waals surface area contributed by atoms with Gasteiger partial charge in [-0.25, -0.2) is 0 Å². The molecule has 2 atom stereocenters. The molecule has 0 saturated heterocycles. The fourth-order valence-electron chi connectivity index (χ4n) is 2.71. The van der Waals surface area contributed by atoms with Gasteiger partial charge in [0.2, 0.25) is 0 Å². The van der Waals surface area contributed by atoms with Crippen LogP contribution in [0.15, 0.2) is 18.3 Å². The summed E-state index contributed by atoms with van der Waals surface area (Å²) in [6.07, 6.45) is 6.04. The number of hydrogen-bond acceptors (Lipinski definition) is 2. The Kier molecular flexibility index (Phi) is 2.79. The van der Waals surface area contributed by atoms with Crippen molar-refractivity contribution in [3.63, 3.8) is 0 Å². The van der Waals surface area contributed by atoms with E-state index in [2.05, 4.69) is 11.9 Å². The largest absolute Gasteiger partial charge is 0.385 e. The number of aromatic nitrogens is 1. The van der Waals surface area contributed by atoms with Crippen molar-refractivity contribution in [3.8, 4) is 0 Å². The second kappa shape index (κ2) is 3.93. The molecule has 2 unspecified atom stereocenters. The molecule has 2 rings (SSSR count). The van der Waals surface area contributed by atoms with Gasteiger partial charge in [-0.05, 0) is 38.2 Å².